The summed E-state index contributed by atoms with van der Waals surface area (Å²) in [5.41, 5.74) is -0.405. The van der Waals surface area contributed by atoms with E-state index in [9.17, 15) is 22.8 Å². The summed E-state index contributed by atoms with van der Waals surface area (Å²) in [6, 6.07) is 4.38. The van der Waals surface area contributed by atoms with E-state index in [0.29, 0.717) is 31.7 Å². The lowest BCUT2D eigenvalue weighted by molar-refractivity contribution is -0.137. The molecule has 1 amide bonds. The van der Waals surface area contributed by atoms with E-state index in [2.05, 4.69) is 10.2 Å². The van der Waals surface area contributed by atoms with Crippen molar-refractivity contribution >= 4 is 17.9 Å². The number of carbonyl (C=O) groups excluding carboxylic acids is 2. The second kappa shape index (κ2) is 8.25. The first kappa shape index (κ1) is 18.4. The molecule has 0 aromatic heterocycles. The number of hydrogen-bond donors (Lipinski definition) is 1. The summed E-state index contributed by atoms with van der Waals surface area (Å²) in [7, 11) is 0. The summed E-state index contributed by atoms with van der Waals surface area (Å²) in [6.07, 6.45) is -2.14. The molecule has 0 unspecified atom stereocenters. The Bertz CT molecular complexity index is 553. The lowest BCUT2D eigenvalue weighted by Gasteiger charge is -2.33. The fourth-order valence-corrected chi connectivity index (χ4v) is 2.52. The Morgan fingerprint density at radius 3 is 2.21 bits per heavy atom. The zero-order valence-electron chi connectivity index (χ0n) is 13.1. The van der Waals surface area contributed by atoms with Gasteiger partial charge in [0.15, 0.2) is 6.29 Å². The predicted octanol–water partition coefficient (Wildman–Crippen LogP) is 1.76. The Kier molecular flexibility index (Phi) is 6.33. The van der Waals surface area contributed by atoms with E-state index in [4.69, 9.17) is 0 Å². The maximum absolute atomic E-state index is 12.5. The summed E-state index contributed by atoms with van der Waals surface area (Å²) in [4.78, 5) is 26.3. The van der Waals surface area contributed by atoms with Crippen molar-refractivity contribution in [1.29, 1.82) is 0 Å². The van der Waals surface area contributed by atoms with Crippen LogP contribution >= 0.6 is 0 Å². The topological polar surface area (TPSA) is 52.7 Å². The van der Waals surface area contributed by atoms with Gasteiger partial charge in [-0.25, -0.2) is 0 Å². The number of carbonyl (C=O) groups is 1. The van der Waals surface area contributed by atoms with Gasteiger partial charge < -0.3 is 10.2 Å². The van der Waals surface area contributed by atoms with Gasteiger partial charge in [0.05, 0.1) is 12.1 Å². The molecule has 0 aliphatic carbocycles. The number of piperazine rings is 1. The largest absolute Gasteiger partial charge is 0.416 e. The molecule has 1 heterocycles. The normalized spacial score (nSPS) is 16.8. The second-order valence-electron chi connectivity index (χ2n) is 5.64. The highest BCUT2D eigenvalue weighted by Gasteiger charge is 2.30. The summed E-state index contributed by atoms with van der Waals surface area (Å²) in [5, 5.41) is 2.60. The van der Waals surface area contributed by atoms with Crippen molar-refractivity contribution in [2.45, 2.75) is 12.6 Å². The van der Waals surface area contributed by atoms with Crippen molar-refractivity contribution in [2.75, 3.05) is 44.6 Å². The van der Waals surface area contributed by atoms with E-state index in [-0.39, 0.29) is 12.5 Å². The van der Waals surface area contributed by atoms with E-state index in [0.717, 1.165) is 25.2 Å². The van der Waals surface area contributed by atoms with Crippen molar-refractivity contribution < 1.29 is 22.8 Å². The van der Waals surface area contributed by atoms with Gasteiger partial charge in [-0.1, -0.05) is 0 Å². The van der Waals surface area contributed by atoms with Crippen molar-refractivity contribution in [2.24, 2.45) is 0 Å². The average Bonchev–Trinajstić information content (AvgIpc) is 2.54. The van der Waals surface area contributed by atoms with Crippen LogP contribution in [0.25, 0.3) is 0 Å². The standard InChI is InChI=1S/C16H19F3N3O2/c17-16(18,19)13-2-4-14(5-3-13)20-15(24)12-22-9-7-21(8-10-22)6-1-11-23/h2-5H,1,6-10,12H2,(H,20,24). The van der Waals surface area contributed by atoms with E-state index in [1.54, 1.807) is 0 Å². The van der Waals surface area contributed by atoms with E-state index < -0.39 is 11.7 Å². The molecule has 0 atom stereocenters. The Morgan fingerprint density at radius 2 is 1.67 bits per heavy atom. The van der Waals surface area contributed by atoms with Gasteiger partial charge in [0.2, 0.25) is 5.91 Å². The summed E-state index contributed by atoms with van der Waals surface area (Å²) < 4.78 is 37.4. The van der Waals surface area contributed by atoms with Gasteiger partial charge in [0, 0.05) is 44.8 Å². The molecule has 2 rings (SSSR count). The second-order valence-corrected chi connectivity index (χ2v) is 5.64. The lowest BCUT2D eigenvalue weighted by Crippen LogP contribution is -2.48. The minimum atomic E-state index is -4.39. The summed E-state index contributed by atoms with van der Waals surface area (Å²) in [5.74, 6) is -0.260. The molecule has 1 aliphatic rings. The van der Waals surface area contributed by atoms with Gasteiger partial charge in [-0.15, -0.1) is 0 Å². The number of nitrogens with one attached hydrogen (secondary N) is 1. The van der Waals surface area contributed by atoms with E-state index >= 15 is 0 Å². The molecule has 8 heteroatoms. The molecule has 1 saturated heterocycles. The van der Waals surface area contributed by atoms with Crippen LogP contribution in [0.2, 0.25) is 0 Å². The smallest absolute Gasteiger partial charge is 0.325 e. The van der Waals surface area contributed by atoms with Gasteiger partial charge >= 0.3 is 6.18 Å². The third-order valence-corrected chi connectivity index (χ3v) is 3.86. The van der Waals surface area contributed by atoms with Crippen LogP contribution in [0.15, 0.2) is 24.3 Å². The van der Waals surface area contributed by atoms with Crippen LogP contribution in [-0.4, -0.2) is 61.3 Å². The molecule has 0 saturated carbocycles. The number of hydrogen-bond acceptors (Lipinski definition) is 4. The van der Waals surface area contributed by atoms with Gasteiger partial charge in [0.25, 0.3) is 0 Å². The number of benzene rings is 1. The highest BCUT2D eigenvalue weighted by atomic mass is 19.4. The maximum atomic E-state index is 12.5. The molecule has 5 nitrogen and oxygen atoms in total. The van der Waals surface area contributed by atoms with Gasteiger partial charge in [-0.05, 0) is 24.3 Å². The monoisotopic (exact) mass is 342 g/mol. The average molecular weight is 342 g/mol. The molecule has 0 spiro atoms. The highest BCUT2D eigenvalue weighted by molar-refractivity contribution is 5.92. The SMILES string of the molecule is O=[C]CCN1CCN(CC(=O)Nc2ccc(C(F)(F)F)cc2)CC1. The molecule has 1 radical (unpaired) electrons. The number of anilines is 1. The van der Waals surface area contributed by atoms with Gasteiger partial charge in [-0.3, -0.25) is 14.5 Å². The first-order valence-corrected chi connectivity index (χ1v) is 7.65. The van der Waals surface area contributed by atoms with Crippen LogP contribution in [0.4, 0.5) is 18.9 Å². The van der Waals surface area contributed by atoms with Gasteiger partial charge in [-0.2, -0.15) is 13.2 Å². The van der Waals surface area contributed by atoms with Crippen LogP contribution < -0.4 is 5.32 Å². The van der Waals surface area contributed by atoms with Crippen LogP contribution in [0.1, 0.15) is 12.0 Å². The zero-order chi connectivity index (χ0) is 17.6. The molecule has 1 aliphatic heterocycles. The van der Waals surface area contributed by atoms with E-state index in [1.165, 1.54) is 12.1 Å². The summed E-state index contributed by atoms with van der Waals surface area (Å²) in [6.45, 7) is 3.83. The Hall–Kier alpha value is -1.93. The number of alkyl halides is 3. The third-order valence-electron chi connectivity index (χ3n) is 3.86. The fourth-order valence-electron chi connectivity index (χ4n) is 2.52. The molecule has 131 valence electrons. The Balaban J connectivity index is 1.76. The lowest BCUT2D eigenvalue weighted by atomic mass is 10.2. The molecule has 0 bridgehead atoms. The van der Waals surface area contributed by atoms with Crippen molar-refractivity contribution in [3.05, 3.63) is 29.8 Å². The molecule has 1 aromatic carbocycles. The Labute approximate surface area is 138 Å². The van der Waals surface area contributed by atoms with Crippen LogP contribution in [0, 0.1) is 0 Å². The molecular formula is C16H19F3N3O2. The predicted molar refractivity (Wildman–Crippen MR) is 83.3 cm³/mol. The van der Waals surface area contributed by atoms with Crippen LogP contribution in [0.5, 0.6) is 0 Å². The number of rotatable bonds is 6. The number of nitrogens with zero attached hydrogens (tertiary/aromatic N) is 2. The minimum Gasteiger partial charge on any atom is -0.325 e. The zero-order valence-corrected chi connectivity index (χ0v) is 13.1. The molecule has 1 N–H and O–H groups in total. The van der Waals surface area contributed by atoms with Crippen LogP contribution in [-0.2, 0) is 15.8 Å². The third kappa shape index (κ3) is 5.61. The quantitative estimate of drug-likeness (QED) is 0.856. The summed E-state index contributed by atoms with van der Waals surface area (Å²) >= 11 is 0. The number of amides is 1. The van der Waals surface area contributed by atoms with Gasteiger partial charge in [0.1, 0.15) is 0 Å². The highest BCUT2D eigenvalue weighted by Crippen LogP contribution is 2.29. The molecule has 1 fully saturated rings. The first-order chi connectivity index (χ1) is 11.4. The molecular weight excluding hydrogens is 323 g/mol. The fraction of sp³-hybridized carbons (Fsp3) is 0.500. The van der Waals surface area contributed by atoms with Crippen molar-refractivity contribution in [3.63, 3.8) is 0 Å². The first-order valence-electron chi connectivity index (χ1n) is 7.65. The van der Waals surface area contributed by atoms with Crippen LogP contribution in [0.3, 0.4) is 0 Å². The molecule has 24 heavy (non-hydrogen) atoms. The van der Waals surface area contributed by atoms with E-state index in [1.807, 2.05) is 11.2 Å². The maximum Gasteiger partial charge on any atom is 0.416 e. The van der Waals surface area contributed by atoms with Crippen molar-refractivity contribution in [3.8, 4) is 0 Å². The minimum absolute atomic E-state index is 0.189. The van der Waals surface area contributed by atoms with Crippen molar-refractivity contribution in [1.82, 2.24) is 9.80 Å². The molecule has 1 aromatic rings. The Morgan fingerprint density at radius 1 is 1.08 bits per heavy atom. The number of halogens is 3.